The fourth-order valence-corrected chi connectivity index (χ4v) is 5.01. The molecule has 3 fully saturated rings. The van der Waals surface area contributed by atoms with E-state index in [-0.39, 0.29) is 0 Å². The Hall–Kier alpha value is -1.63. The molecule has 0 aromatic carbocycles. The average molecular weight is 332 g/mol. The first-order chi connectivity index (χ1) is 11.7. The van der Waals surface area contributed by atoms with Gasteiger partial charge in [0.25, 0.3) is 0 Å². The molecule has 132 valence electrons. The molecule has 7 nitrogen and oxygen atoms in total. The normalized spacial score (nSPS) is 31.1. The number of nitrogens with one attached hydrogen (secondary N) is 2. The van der Waals surface area contributed by atoms with Crippen molar-refractivity contribution in [2.75, 3.05) is 13.7 Å². The van der Waals surface area contributed by atoms with Crippen molar-refractivity contribution in [3.8, 4) is 0 Å². The lowest BCUT2D eigenvalue weighted by atomic mass is 9.54. The summed E-state index contributed by atoms with van der Waals surface area (Å²) in [5, 5.41) is 15.4. The van der Waals surface area contributed by atoms with Gasteiger partial charge < -0.3 is 19.9 Å². The highest BCUT2D eigenvalue weighted by molar-refractivity contribution is 5.80. The van der Waals surface area contributed by atoms with Gasteiger partial charge in [-0.1, -0.05) is 12.8 Å². The first-order valence-corrected chi connectivity index (χ1v) is 9.09. The zero-order valence-corrected chi connectivity index (χ0v) is 14.9. The summed E-state index contributed by atoms with van der Waals surface area (Å²) in [6.45, 7) is 3.50. The van der Waals surface area contributed by atoms with Crippen molar-refractivity contribution >= 4 is 5.96 Å². The second kappa shape index (κ2) is 6.02. The van der Waals surface area contributed by atoms with Crippen LogP contribution in [0.2, 0.25) is 0 Å². The molecule has 0 radical (unpaired) electrons. The van der Waals surface area contributed by atoms with Gasteiger partial charge in [0, 0.05) is 38.1 Å². The molecule has 1 saturated heterocycles. The number of aliphatic imine (C=N–C) groups is 1. The van der Waals surface area contributed by atoms with Gasteiger partial charge in [0.05, 0.1) is 12.6 Å². The summed E-state index contributed by atoms with van der Waals surface area (Å²) in [5.41, 5.74) is 0.333. The lowest BCUT2D eigenvalue weighted by Gasteiger charge is -2.57. The third-order valence-electron chi connectivity index (χ3n) is 6.40. The van der Waals surface area contributed by atoms with Crippen molar-refractivity contribution < 1.29 is 4.74 Å². The lowest BCUT2D eigenvalue weighted by Crippen LogP contribution is -2.69. The molecule has 0 bridgehead atoms. The van der Waals surface area contributed by atoms with E-state index in [1.54, 1.807) is 0 Å². The molecule has 2 saturated carbocycles. The molecular formula is C17H28N6O. The first-order valence-electron chi connectivity index (χ1n) is 9.09. The largest absolute Gasteiger partial charge is 0.377 e. The topological polar surface area (TPSA) is 76.4 Å². The summed E-state index contributed by atoms with van der Waals surface area (Å²) < 4.78 is 8.06. The second-order valence-electron chi connectivity index (χ2n) is 7.45. The van der Waals surface area contributed by atoms with Crippen molar-refractivity contribution in [1.29, 1.82) is 0 Å². The van der Waals surface area contributed by atoms with Crippen LogP contribution in [-0.2, 0) is 18.3 Å². The number of nitrogens with zero attached hydrogens (tertiary/aromatic N) is 4. The molecule has 1 spiro atoms. The molecule has 3 unspecified atom stereocenters. The number of hydrogen-bond acceptors (Lipinski definition) is 4. The van der Waals surface area contributed by atoms with Crippen LogP contribution in [0.4, 0.5) is 0 Å². The van der Waals surface area contributed by atoms with Crippen LogP contribution in [0.3, 0.4) is 0 Å². The number of aromatic nitrogens is 3. The molecule has 3 aliphatic rings. The Balaban J connectivity index is 1.42. The molecule has 2 aliphatic carbocycles. The summed E-state index contributed by atoms with van der Waals surface area (Å²) >= 11 is 0. The summed E-state index contributed by atoms with van der Waals surface area (Å²) in [4.78, 5) is 4.43. The SMILES string of the molecule is CN=C(NCc1nnc(C)n1C)NC1C2CCOC2C12CCCC2. The molecule has 4 rings (SSSR count). The highest BCUT2D eigenvalue weighted by Crippen LogP contribution is 2.60. The van der Waals surface area contributed by atoms with Crippen LogP contribution >= 0.6 is 0 Å². The van der Waals surface area contributed by atoms with Crippen LogP contribution in [-0.4, -0.2) is 46.5 Å². The molecule has 2 N–H and O–H groups in total. The number of aryl methyl sites for hydroxylation is 1. The van der Waals surface area contributed by atoms with Crippen molar-refractivity contribution in [3.63, 3.8) is 0 Å². The Morgan fingerprint density at radius 1 is 1.38 bits per heavy atom. The minimum Gasteiger partial charge on any atom is -0.377 e. The molecule has 0 amide bonds. The summed E-state index contributed by atoms with van der Waals surface area (Å²) in [6, 6.07) is 0.486. The fraction of sp³-hybridized carbons (Fsp3) is 0.824. The van der Waals surface area contributed by atoms with Crippen LogP contribution in [0, 0.1) is 18.3 Å². The van der Waals surface area contributed by atoms with Gasteiger partial charge in [-0.2, -0.15) is 0 Å². The van der Waals surface area contributed by atoms with E-state index in [2.05, 4.69) is 25.8 Å². The Morgan fingerprint density at radius 3 is 2.83 bits per heavy atom. The highest BCUT2D eigenvalue weighted by atomic mass is 16.5. The molecule has 2 heterocycles. The second-order valence-corrected chi connectivity index (χ2v) is 7.45. The van der Waals surface area contributed by atoms with Gasteiger partial charge in [-0.25, -0.2) is 0 Å². The minimum atomic E-state index is 0.333. The average Bonchev–Trinajstić information content (AvgIpc) is 3.30. The Labute approximate surface area is 143 Å². The van der Waals surface area contributed by atoms with Crippen molar-refractivity contribution in [3.05, 3.63) is 11.6 Å². The monoisotopic (exact) mass is 332 g/mol. The van der Waals surface area contributed by atoms with E-state index in [1.165, 1.54) is 32.1 Å². The van der Waals surface area contributed by atoms with Gasteiger partial charge in [0.2, 0.25) is 0 Å². The maximum atomic E-state index is 6.06. The van der Waals surface area contributed by atoms with E-state index in [0.717, 1.165) is 24.2 Å². The van der Waals surface area contributed by atoms with Gasteiger partial charge >= 0.3 is 0 Å². The van der Waals surface area contributed by atoms with Crippen LogP contribution in [0.5, 0.6) is 0 Å². The zero-order chi connectivity index (χ0) is 16.7. The van der Waals surface area contributed by atoms with Gasteiger partial charge in [0.1, 0.15) is 5.82 Å². The van der Waals surface area contributed by atoms with E-state index in [4.69, 9.17) is 4.74 Å². The molecule has 3 atom stereocenters. The van der Waals surface area contributed by atoms with E-state index in [9.17, 15) is 0 Å². The van der Waals surface area contributed by atoms with Crippen LogP contribution in [0.15, 0.2) is 4.99 Å². The van der Waals surface area contributed by atoms with Crippen molar-refractivity contribution in [2.45, 2.75) is 57.7 Å². The summed E-state index contributed by atoms with van der Waals surface area (Å²) in [5.74, 6) is 3.34. The van der Waals surface area contributed by atoms with Crippen LogP contribution in [0.1, 0.15) is 43.8 Å². The van der Waals surface area contributed by atoms with Crippen LogP contribution in [0.25, 0.3) is 0 Å². The number of fused-ring (bicyclic) bond motifs is 2. The minimum absolute atomic E-state index is 0.333. The number of ether oxygens (including phenoxy) is 1. The standard InChI is InChI=1S/C17H28N6O/c1-11-21-22-13(23(11)3)10-19-16(18-2)20-14-12-6-9-24-15(12)17(14)7-4-5-8-17/h12,14-15H,4-10H2,1-3H3,(H2,18,19,20). The molecule has 1 aliphatic heterocycles. The third-order valence-corrected chi connectivity index (χ3v) is 6.40. The van der Waals surface area contributed by atoms with E-state index >= 15 is 0 Å². The Bertz CT molecular complexity index is 633. The Kier molecular flexibility index (Phi) is 3.98. The number of guanidine groups is 1. The molecule has 1 aromatic heterocycles. The van der Waals surface area contributed by atoms with Gasteiger partial charge in [-0.05, 0) is 26.2 Å². The van der Waals surface area contributed by atoms with E-state index in [0.29, 0.717) is 30.0 Å². The predicted molar refractivity (Wildman–Crippen MR) is 91.6 cm³/mol. The molecule has 1 aromatic rings. The zero-order valence-electron chi connectivity index (χ0n) is 14.9. The van der Waals surface area contributed by atoms with E-state index in [1.807, 2.05) is 25.6 Å². The number of hydrogen-bond donors (Lipinski definition) is 2. The molecular weight excluding hydrogens is 304 g/mol. The lowest BCUT2D eigenvalue weighted by molar-refractivity contribution is -0.125. The molecule has 24 heavy (non-hydrogen) atoms. The quantitative estimate of drug-likeness (QED) is 0.641. The van der Waals surface area contributed by atoms with Gasteiger partial charge in [0.15, 0.2) is 11.8 Å². The highest BCUT2D eigenvalue weighted by Gasteiger charge is 2.65. The summed E-state index contributed by atoms with van der Waals surface area (Å²) in [6.07, 6.45) is 6.86. The maximum Gasteiger partial charge on any atom is 0.191 e. The first kappa shape index (κ1) is 15.9. The fourth-order valence-electron chi connectivity index (χ4n) is 5.01. The molecule has 7 heteroatoms. The predicted octanol–water partition coefficient (Wildman–Crippen LogP) is 1.14. The van der Waals surface area contributed by atoms with Crippen molar-refractivity contribution in [2.24, 2.45) is 23.4 Å². The van der Waals surface area contributed by atoms with E-state index < -0.39 is 0 Å². The van der Waals surface area contributed by atoms with Gasteiger partial charge in [-0.3, -0.25) is 4.99 Å². The van der Waals surface area contributed by atoms with Crippen LogP contribution < -0.4 is 10.6 Å². The summed E-state index contributed by atoms with van der Waals surface area (Å²) in [7, 11) is 3.82. The number of rotatable bonds is 3. The smallest absolute Gasteiger partial charge is 0.191 e. The van der Waals surface area contributed by atoms with Gasteiger partial charge in [-0.15, -0.1) is 10.2 Å². The maximum absolute atomic E-state index is 6.06. The Morgan fingerprint density at radius 2 is 2.17 bits per heavy atom. The van der Waals surface area contributed by atoms with Crippen molar-refractivity contribution in [1.82, 2.24) is 25.4 Å². The third kappa shape index (κ3) is 2.32.